The highest BCUT2D eigenvalue weighted by Crippen LogP contribution is 2.27. The van der Waals surface area contributed by atoms with Gasteiger partial charge in [-0.05, 0) is 18.2 Å². The van der Waals surface area contributed by atoms with Crippen molar-refractivity contribution in [2.24, 2.45) is 0 Å². The average molecular weight is 338 g/mol. The number of hydrogen-bond donors (Lipinski definition) is 0. The van der Waals surface area contributed by atoms with Gasteiger partial charge in [-0.3, -0.25) is 9.78 Å². The summed E-state index contributed by atoms with van der Waals surface area (Å²) in [6, 6.07) is 3.82. The minimum absolute atomic E-state index is 0.111. The summed E-state index contributed by atoms with van der Waals surface area (Å²) in [6.45, 7) is 0.759. The molecule has 0 aliphatic carbocycles. The summed E-state index contributed by atoms with van der Waals surface area (Å²) in [7, 11) is 0. The predicted octanol–water partition coefficient (Wildman–Crippen LogP) is 2.18. The van der Waals surface area contributed by atoms with Crippen molar-refractivity contribution in [1.29, 1.82) is 0 Å². The zero-order valence-electron chi connectivity index (χ0n) is 12.4. The first kappa shape index (κ1) is 16.2. The average Bonchev–Trinajstić information content (AvgIpc) is 3.03. The number of ether oxygens (including phenoxy) is 1. The van der Waals surface area contributed by atoms with Crippen molar-refractivity contribution >= 4 is 5.91 Å². The molecular weight excluding hydrogens is 325 g/mol. The highest BCUT2D eigenvalue weighted by Gasteiger charge is 2.33. The van der Waals surface area contributed by atoms with E-state index >= 15 is 0 Å². The van der Waals surface area contributed by atoms with Crippen LogP contribution in [0.1, 0.15) is 22.5 Å². The topological polar surface area (TPSA) is 68.2 Å². The third-order valence-electron chi connectivity index (χ3n) is 3.55. The van der Waals surface area contributed by atoms with E-state index < -0.39 is 11.9 Å². The Bertz CT molecular complexity index is 707. The van der Waals surface area contributed by atoms with Crippen molar-refractivity contribution in [3.05, 3.63) is 48.0 Å². The van der Waals surface area contributed by atoms with Gasteiger partial charge in [0.25, 0.3) is 5.91 Å². The fraction of sp³-hybridized carbons (Fsp3) is 0.333. The Labute approximate surface area is 135 Å². The molecule has 3 heterocycles. The first-order valence-electron chi connectivity index (χ1n) is 7.19. The standard InChI is InChI=1S/C15H13F3N4O2/c16-15(17,18)12-3-2-10(8-21-12)13(23)22-7-4-11(9-22)24-14-19-5-1-6-20-14/h1-3,5-6,8,11H,4,7,9H2/t11-/m0/s1. The maximum absolute atomic E-state index is 12.5. The Morgan fingerprint density at radius 2 is 1.96 bits per heavy atom. The molecule has 0 spiro atoms. The zero-order chi connectivity index (χ0) is 17.2. The van der Waals surface area contributed by atoms with Crippen molar-refractivity contribution in [2.45, 2.75) is 18.7 Å². The van der Waals surface area contributed by atoms with E-state index in [1.54, 1.807) is 18.5 Å². The first-order chi connectivity index (χ1) is 11.4. The van der Waals surface area contributed by atoms with E-state index in [4.69, 9.17) is 4.74 Å². The lowest BCUT2D eigenvalue weighted by atomic mass is 10.2. The number of halogens is 3. The number of aromatic nitrogens is 3. The Morgan fingerprint density at radius 1 is 1.21 bits per heavy atom. The molecule has 2 aromatic rings. The van der Waals surface area contributed by atoms with Crippen LogP contribution >= 0.6 is 0 Å². The number of likely N-dealkylation sites (tertiary alicyclic amines) is 1. The van der Waals surface area contributed by atoms with Gasteiger partial charge in [-0.2, -0.15) is 13.2 Å². The lowest BCUT2D eigenvalue weighted by Crippen LogP contribution is -2.31. The molecule has 2 aromatic heterocycles. The van der Waals surface area contributed by atoms with Crippen LogP contribution in [0.15, 0.2) is 36.8 Å². The summed E-state index contributed by atoms with van der Waals surface area (Å²) in [5.41, 5.74) is -0.914. The van der Waals surface area contributed by atoms with Crippen LogP contribution in [-0.4, -0.2) is 45.0 Å². The van der Waals surface area contributed by atoms with Gasteiger partial charge in [0.15, 0.2) is 0 Å². The largest absolute Gasteiger partial charge is 0.458 e. The number of carbonyl (C=O) groups excluding carboxylic acids is 1. The number of hydrogen-bond acceptors (Lipinski definition) is 5. The minimum atomic E-state index is -4.52. The van der Waals surface area contributed by atoms with E-state index in [2.05, 4.69) is 15.0 Å². The number of alkyl halides is 3. The van der Waals surface area contributed by atoms with Gasteiger partial charge in [0.2, 0.25) is 0 Å². The Morgan fingerprint density at radius 3 is 2.58 bits per heavy atom. The van der Waals surface area contributed by atoms with Gasteiger partial charge in [-0.15, -0.1) is 0 Å². The van der Waals surface area contributed by atoms with Gasteiger partial charge < -0.3 is 9.64 Å². The molecule has 3 rings (SSSR count). The normalized spacial score (nSPS) is 17.8. The van der Waals surface area contributed by atoms with Crippen LogP contribution in [-0.2, 0) is 6.18 Å². The summed E-state index contributed by atoms with van der Waals surface area (Å²) >= 11 is 0. The highest BCUT2D eigenvalue weighted by molar-refractivity contribution is 5.94. The lowest BCUT2D eigenvalue weighted by Gasteiger charge is -2.16. The number of amides is 1. The molecule has 1 saturated heterocycles. The highest BCUT2D eigenvalue weighted by atomic mass is 19.4. The SMILES string of the molecule is O=C(c1ccc(C(F)(F)F)nc1)N1CC[C@H](Oc2ncccn2)C1. The smallest absolute Gasteiger partial charge is 0.433 e. The van der Waals surface area contributed by atoms with Gasteiger partial charge in [-0.1, -0.05) is 0 Å². The van der Waals surface area contributed by atoms with Crippen LogP contribution in [0.2, 0.25) is 0 Å². The van der Waals surface area contributed by atoms with Crippen molar-refractivity contribution in [3.63, 3.8) is 0 Å². The number of pyridine rings is 1. The number of carbonyl (C=O) groups is 1. The van der Waals surface area contributed by atoms with Gasteiger partial charge >= 0.3 is 12.2 Å². The summed E-state index contributed by atoms with van der Waals surface area (Å²) < 4.78 is 43.1. The molecule has 1 atom stereocenters. The molecule has 0 saturated carbocycles. The van der Waals surface area contributed by atoms with Gasteiger partial charge in [-0.25, -0.2) is 9.97 Å². The molecule has 1 aliphatic heterocycles. The molecular formula is C15H13F3N4O2. The first-order valence-corrected chi connectivity index (χ1v) is 7.19. The van der Waals surface area contributed by atoms with Crippen LogP contribution < -0.4 is 4.74 Å². The monoisotopic (exact) mass is 338 g/mol. The van der Waals surface area contributed by atoms with Crippen LogP contribution in [0.3, 0.4) is 0 Å². The van der Waals surface area contributed by atoms with Gasteiger partial charge in [0, 0.05) is 31.6 Å². The predicted molar refractivity (Wildman–Crippen MR) is 76.2 cm³/mol. The maximum atomic E-state index is 12.5. The van der Waals surface area contributed by atoms with Crippen LogP contribution in [0.5, 0.6) is 6.01 Å². The second-order valence-corrected chi connectivity index (χ2v) is 5.24. The third-order valence-corrected chi connectivity index (χ3v) is 3.55. The Hall–Kier alpha value is -2.71. The molecule has 0 bridgehead atoms. The Balaban J connectivity index is 1.62. The van der Waals surface area contributed by atoms with E-state index in [0.29, 0.717) is 19.5 Å². The maximum Gasteiger partial charge on any atom is 0.433 e. The van der Waals surface area contributed by atoms with Crippen molar-refractivity contribution in [2.75, 3.05) is 13.1 Å². The molecule has 0 radical (unpaired) electrons. The fourth-order valence-electron chi connectivity index (χ4n) is 2.37. The Kier molecular flexibility index (Phi) is 4.32. The van der Waals surface area contributed by atoms with E-state index in [0.717, 1.165) is 18.3 Å². The number of rotatable bonds is 3. The molecule has 0 unspecified atom stereocenters. The molecule has 6 nitrogen and oxygen atoms in total. The van der Waals surface area contributed by atoms with Crippen LogP contribution in [0, 0.1) is 0 Å². The van der Waals surface area contributed by atoms with Crippen molar-refractivity contribution in [1.82, 2.24) is 19.9 Å². The molecule has 0 N–H and O–H groups in total. The molecule has 1 amide bonds. The van der Waals surface area contributed by atoms with Crippen molar-refractivity contribution in [3.8, 4) is 6.01 Å². The van der Waals surface area contributed by atoms with E-state index in [-0.39, 0.29) is 23.6 Å². The summed E-state index contributed by atoms with van der Waals surface area (Å²) in [5.74, 6) is -0.378. The van der Waals surface area contributed by atoms with Crippen LogP contribution in [0.4, 0.5) is 13.2 Å². The van der Waals surface area contributed by atoms with E-state index in [9.17, 15) is 18.0 Å². The number of nitrogens with zero attached hydrogens (tertiary/aromatic N) is 4. The molecule has 0 aromatic carbocycles. The fourth-order valence-corrected chi connectivity index (χ4v) is 2.37. The van der Waals surface area contributed by atoms with Gasteiger partial charge in [0.05, 0.1) is 12.1 Å². The van der Waals surface area contributed by atoms with Gasteiger partial charge in [0.1, 0.15) is 11.8 Å². The van der Waals surface area contributed by atoms with E-state index in [1.165, 1.54) is 4.90 Å². The second-order valence-electron chi connectivity index (χ2n) is 5.24. The quantitative estimate of drug-likeness (QED) is 0.858. The molecule has 9 heteroatoms. The molecule has 24 heavy (non-hydrogen) atoms. The van der Waals surface area contributed by atoms with E-state index in [1.807, 2.05) is 0 Å². The van der Waals surface area contributed by atoms with Crippen LogP contribution in [0.25, 0.3) is 0 Å². The summed E-state index contributed by atoms with van der Waals surface area (Å²) in [4.78, 5) is 25.0. The minimum Gasteiger partial charge on any atom is -0.458 e. The molecule has 126 valence electrons. The molecule has 1 aliphatic rings. The van der Waals surface area contributed by atoms with Crippen molar-refractivity contribution < 1.29 is 22.7 Å². The lowest BCUT2D eigenvalue weighted by molar-refractivity contribution is -0.141. The zero-order valence-corrected chi connectivity index (χ0v) is 12.4. The molecule has 1 fully saturated rings. The third kappa shape index (κ3) is 3.61. The summed E-state index contributed by atoms with van der Waals surface area (Å²) in [6.07, 6.45) is -0.136. The second kappa shape index (κ2) is 6.42. The summed E-state index contributed by atoms with van der Waals surface area (Å²) in [5, 5.41) is 0.